The van der Waals surface area contributed by atoms with Gasteiger partial charge in [0.05, 0.1) is 11.4 Å². The van der Waals surface area contributed by atoms with E-state index in [-0.39, 0.29) is 17.3 Å². The van der Waals surface area contributed by atoms with Crippen LogP contribution in [0.5, 0.6) is 5.75 Å². The van der Waals surface area contributed by atoms with Gasteiger partial charge in [-0.3, -0.25) is 9.48 Å². The van der Waals surface area contributed by atoms with Gasteiger partial charge >= 0.3 is 0 Å². The largest absolute Gasteiger partial charge is 0.506 e. The van der Waals surface area contributed by atoms with Crippen LogP contribution in [0.1, 0.15) is 18.7 Å². The van der Waals surface area contributed by atoms with E-state index >= 15 is 0 Å². The van der Waals surface area contributed by atoms with Crippen LogP contribution in [-0.2, 0) is 4.79 Å². The number of anilines is 1. The number of carbonyl (C=O) groups excluding carboxylic acids is 1. The van der Waals surface area contributed by atoms with Gasteiger partial charge < -0.3 is 10.4 Å². The van der Waals surface area contributed by atoms with E-state index < -0.39 is 6.04 Å². The summed E-state index contributed by atoms with van der Waals surface area (Å²) in [5.74, 6) is -0.303. The van der Waals surface area contributed by atoms with Crippen LogP contribution in [0, 0.1) is 6.92 Å². The first-order valence-corrected chi connectivity index (χ1v) is 6.16. The van der Waals surface area contributed by atoms with Gasteiger partial charge in [-0.15, -0.1) is 0 Å². The molecule has 1 amide bonds. The Morgan fingerprint density at radius 1 is 1.47 bits per heavy atom. The van der Waals surface area contributed by atoms with Crippen molar-refractivity contribution in [2.24, 2.45) is 0 Å². The van der Waals surface area contributed by atoms with Crippen molar-refractivity contribution in [1.29, 1.82) is 0 Å². The Kier molecular flexibility index (Phi) is 3.76. The molecule has 1 unspecified atom stereocenters. The van der Waals surface area contributed by atoms with Crippen molar-refractivity contribution >= 4 is 23.2 Å². The monoisotopic (exact) mass is 279 g/mol. The van der Waals surface area contributed by atoms with E-state index in [2.05, 4.69) is 10.4 Å². The number of phenolic OH excluding ortho intramolecular Hbond substituents is 1. The molecule has 100 valence electrons. The summed E-state index contributed by atoms with van der Waals surface area (Å²) in [4.78, 5) is 12.1. The summed E-state index contributed by atoms with van der Waals surface area (Å²) in [6, 6.07) is 5.82. The molecule has 1 aromatic carbocycles. The van der Waals surface area contributed by atoms with Crippen molar-refractivity contribution in [1.82, 2.24) is 9.78 Å². The van der Waals surface area contributed by atoms with Gasteiger partial charge in [-0.1, -0.05) is 11.6 Å². The van der Waals surface area contributed by atoms with Crippen LogP contribution < -0.4 is 5.32 Å². The van der Waals surface area contributed by atoms with Crippen molar-refractivity contribution in [3.05, 3.63) is 41.2 Å². The first kappa shape index (κ1) is 13.4. The molecule has 0 radical (unpaired) electrons. The van der Waals surface area contributed by atoms with Crippen LogP contribution in [0.25, 0.3) is 0 Å². The Morgan fingerprint density at radius 2 is 2.21 bits per heavy atom. The molecule has 2 N–H and O–H groups in total. The van der Waals surface area contributed by atoms with Crippen molar-refractivity contribution < 1.29 is 9.90 Å². The van der Waals surface area contributed by atoms with Crippen LogP contribution >= 0.6 is 11.6 Å². The Hall–Kier alpha value is -2.01. The van der Waals surface area contributed by atoms with E-state index in [1.807, 2.05) is 13.0 Å². The van der Waals surface area contributed by atoms with Gasteiger partial charge in [0, 0.05) is 11.2 Å². The maximum absolute atomic E-state index is 12.1. The first-order chi connectivity index (χ1) is 8.97. The smallest absolute Gasteiger partial charge is 0.249 e. The van der Waals surface area contributed by atoms with Gasteiger partial charge in [-0.05, 0) is 38.1 Å². The van der Waals surface area contributed by atoms with E-state index in [1.165, 1.54) is 12.1 Å². The Morgan fingerprint density at radius 3 is 2.84 bits per heavy atom. The van der Waals surface area contributed by atoms with E-state index in [0.717, 1.165) is 5.69 Å². The van der Waals surface area contributed by atoms with Gasteiger partial charge in [-0.2, -0.15) is 5.10 Å². The van der Waals surface area contributed by atoms with E-state index in [9.17, 15) is 9.90 Å². The minimum Gasteiger partial charge on any atom is -0.506 e. The van der Waals surface area contributed by atoms with Crippen molar-refractivity contribution in [3.8, 4) is 5.75 Å². The number of rotatable bonds is 3. The summed E-state index contributed by atoms with van der Waals surface area (Å²) in [6.07, 6.45) is 1.73. The molecule has 0 aliphatic carbocycles. The molecule has 2 aromatic rings. The van der Waals surface area contributed by atoms with Gasteiger partial charge in [0.25, 0.3) is 0 Å². The minimum atomic E-state index is -0.480. The molecule has 0 aliphatic heterocycles. The average Bonchev–Trinajstić information content (AvgIpc) is 2.79. The standard InChI is InChI=1S/C13H14ClN3O2/c1-8-5-6-17(16-8)9(2)13(19)15-11-7-10(14)3-4-12(11)18/h3-7,9,18H,1-2H3,(H,15,19). The lowest BCUT2D eigenvalue weighted by molar-refractivity contribution is -0.119. The molecule has 5 nitrogen and oxygen atoms in total. The number of halogens is 1. The third kappa shape index (κ3) is 3.06. The lowest BCUT2D eigenvalue weighted by atomic mass is 10.2. The third-order valence-electron chi connectivity index (χ3n) is 2.73. The number of nitrogens with zero attached hydrogens (tertiary/aromatic N) is 2. The highest BCUT2D eigenvalue weighted by atomic mass is 35.5. The molecular formula is C13H14ClN3O2. The molecule has 0 fully saturated rings. The highest BCUT2D eigenvalue weighted by Gasteiger charge is 2.17. The van der Waals surface area contributed by atoms with Gasteiger partial charge in [0.2, 0.25) is 5.91 Å². The fourth-order valence-electron chi connectivity index (χ4n) is 1.61. The number of hydrogen-bond acceptors (Lipinski definition) is 3. The van der Waals surface area contributed by atoms with Crippen molar-refractivity contribution in [2.45, 2.75) is 19.9 Å². The zero-order valence-corrected chi connectivity index (χ0v) is 11.3. The predicted molar refractivity (Wildman–Crippen MR) is 73.4 cm³/mol. The number of benzene rings is 1. The van der Waals surface area contributed by atoms with Crippen molar-refractivity contribution in [2.75, 3.05) is 5.32 Å². The number of aromatic hydroxyl groups is 1. The van der Waals surface area contributed by atoms with Gasteiger partial charge in [0.1, 0.15) is 11.8 Å². The number of aromatic nitrogens is 2. The second kappa shape index (κ2) is 5.32. The Labute approximate surface area is 115 Å². The van der Waals surface area contributed by atoms with Crippen molar-refractivity contribution in [3.63, 3.8) is 0 Å². The highest BCUT2D eigenvalue weighted by Crippen LogP contribution is 2.27. The second-order valence-electron chi connectivity index (χ2n) is 4.26. The Balaban J connectivity index is 2.14. The number of hydrogen-bond donors (Lipinski definition) is 2. The van der Waals surface area contributed by atoms with Crippen LogP contribution in [-0.4, -0.2) is 20.8 Å². The van der Waals surface area contributed by atoms with Crippen LogP contribution in [0.3, 0.4) is 0 Å². The third-order valence-corrected chi connectivity index (χ3v) is 2.97. The lowest BCUT2D eigenvalue weighted by Gasteiger charge is -2.13. The number of phenols is 1. The second-order valence-corrected chi connectivity index (χ2v) is 4.70. The maximum Gasteiger partial charge on any atom is 0.249 e. The number of aryl methyl sites for hydroxylation is 1. The van der Waals surface area contributed by atoms with E-state index in [0.29, 0.717) is 5.02 Å². The molecular weight excluding hydrogens is 266 g/mol. The maximum atomic E-state index is 12.1. The zero-order chi connectivity index (χ0) is 14.0. The minimum absolute atomic E-state index is 0.0263. The molecule has 1 aromatic heterocycles. The fraction of sp³-hybridized carbons (Fsp3) is 0.231. The SMILES string of the molecule is Cc1ccn(C(C)C(=O)Nc2cc(Cl)ccc2O)n1. The fourth-order valence-corrected chi connectivity index (χ4v) is 1.79. The highest BCUT2D eigenvalue weighted by molar-refractivity contribution is 6.31. The molecule has 0 bridgehead atoms. The van der Waals surface area contributed by atoms with E-state index in [1.54, 1.807) is 23.9 Å². The van der Waals surface area contributed by atoms with Crippen LogP contribution in [0.2, 0.25) is 5.02 Å². The molecule has 0 spiro atoms. The van der Waals surface area contributed by atoms with E-state index in [4.69, 9.17) is 11.6 Å². The molecule has 0 saturated carbocycles. The summed E-state index contributed by atoms with van der Waals surface area (Å²) in [6.45, 7) is 3.58. The summed E-state index contributed by atoms with van der Waals surface area (Å²) in [5.41, 5.74) is 1.12. The molecule has 6 heteroatoms. The number of nitrogens with one attached hydrogen (secondary N) is 1. The van der Waals surface area contributed by atoms with Crippen LogP contribution in [0.15, 0.2) is 30.5 Å². The molecule has 0 saturated heterocycles. The zero-order valence-electron chi connectivity index (χ0n) is 10.6. The summed E-state index contributed by atoms with van der Waals surface area (Å²) in [7, 11) is 0. The average molecular weight is 280 g/mol. The molecule has 1 heterocycles. The molecule has 1 atom stereocenters. The summed E-state index contributed by atoms with van der Waals surface area (Å²) in [5, 5.41) is 16.9. The topological polar surface area (TPSA) is 67.2 Å². The lowest BCUT2D eigenvalue weighted by Crippen LogP contribution is -2.24. The number of carbonyl (C=O) groups is 1. The normalized spacial score (nSPS) is 12.2. The molecule has 0 aliphatic rings. The van der Waals surface area contributed by atoms with Crippen LogP contribution in [0.4, 0.5) is 5.69 Å². The van der Waals surface area contributed by atoms with Gasteiger partial charge in [0.15, 0.2) is 0 Å². The molecule has 2 rings (SSSR count). The molecule has 19 heavy (non-hydrogen) atoms. The van der Waals surface area contributed by atoms with Gasteiger partial charge in [-0.25, -0.2) is 0 Å². The summed E-state index contributed by atoms with van der Waals surface area (Å²) < 4.78 is 1.56. The Bertz CT molecular complexity index is 610. The first-order valence-electron chi connectivity index (χ1n) is 5.78. The number of amides is 1. The quantitative estimate of drug-likeness (QED) is 0.849. The summed E-state index contributed by atoms with van der Waals surface area (Å²) >= 11 is 5.82. The predicted octanol–water partition coefficient (Wildman–Crippen LogP) is 2.75.